The molecular formula is C11H11BrN2O2S. The van der Waals surface area contributed by atoms with Crippen LogP contribution in [0.1, 0.15) is 6.92 Å². The lowest BCUT2D eigenvalue weighted by atomic mass is 10.1. The second-order valence-electron chi connectivity index (χ2n) is 3.45. The number of fused-ring (bicyclic) bond motifs is 1. The first kappa shape index (κ1) is 12.5. The summed E-state index contributed by atoms with van der Waals surface area (Å²) in [4.78, 5) is 4.05. The van der Waals surface area contributed by atoms with Gasteiger partial charge in [0.15, 0.2) is 0 Å². The Kier molecular flexibility index (Phi) is 3.76. The van der Waals surface area contributed by atoms with E-state index in [4.69, 9.17) is 0 Å². The lowest BCUT2D eigenvalue weighted by Gasteiger charge is -2.20. The van der Waals surface area contributed by atoms with Crippen molar-refractivity contribution in [2.75, 3.05) is 10.8 Å². The number of hydrogen-bond acceptors (Lipinski definition) is 2. The van der Waals surface area contributed by atoms with E-state index < -0.39 is 11.3 Å². The summed E-state index contributed by atoms with van der Waals surface area (Å²) in [7, 11) is 0. The Hall–Kier alpha value is -0.980. The van der Waals surface area contributed by atoms with Gasteiger partial charge in [-0.15, -0.1) is 0 Å². The molecule has 0 aliphatic carbocycles. The normalized spacial score (nSPS) is 12.6. The SMILES string of the molecule is CCN(c1cc(Br)cc2cnccc12)S(=O)O. The number of anilines is 1. The minimum atomic E-state index is -2.03. The summed E-state index contributed by atoms with van der Waals surface area (Å²) in [5.41, 5.74) is 0.722. The Morgan fingerprint density at radius 3 is 2.94 bits per heavy atom. The summed E-state index contributed by atoms with van der Waals surface area (Å²) in [5.74, 6) is 0. The molecule has 4 nitrogen and oxygen atoms in total. The fraction of sp³-hybridized carbons (Fsp3) is 0.182. The Balaban J connectivity index is 2.70. The van der Waals surface area contributed by atoms with Crippen molar-refractivity contribution in [1.82, 2.24) is 4.98 Å². The Morgan fingerprint density at radius 1 is 1.53 bits per heavy atom. The van der Waals surface area contributed by atoms with Crippen LogP contribution in [0.25, 0.3) is 10.8 Å². The molecular weight excluding hydrogens is 304 g/mol. The fourth-order valence-corrected chi connectivity index (χ4v) is 2.73. The smallest absolute Gasteiger partial charge is 0.261 e. The fourth-order valence-electron chi connectivity index (χ4n) is 1.72. The summed E-state index contributed by atoms with van der Waals surface area (Å²) in [6, 6.07) is 5.60. The highest BCUT2D eigenvalue weighted by Gasteiger charge is 2.14. The van der Waals surface area contributed by atoms with E-state index in [0.29, 0.717) is 6.54 Å². The summed E-state index contributed by atoms with van der Waals surface area (Å²) in [5, 5.41) is 1.84. The second-order valence-corrected chi connectivity index (χ2v) is 5.27. The van der Waals surface area contributed by atoms with Crippen LogP contribution in [0.5, 0.6) is 0 Å². The van der Waals surface area contributed by atoms with Gasteiger partial charge in [0, 0.05) is 34.2 Å². The first-order valence-corrected chi connectivity index (χ1v) is 6.91. The molecule has 1 unspecified atom stereocenters. The number of halogens is 1. The zero-order chi connectivity index (χ0) is 12.4. The third kappa shape index (κ3) is 2.48. The summed E-state index contributed by atoms with van der Waals surface area (Å²) in [6.07, 6.45) is 3.41. The molecule has 0 radical (unpaired) electrons. The van der Waals surface area contributed by atoms with Gasteiger partial charge in [0.25, 0.3) is 11.3 Å². The standard InChI is InChI=1S/C11H11BrN2O2S/c1-2-14(17(15)16)11-6-9(12)5-8-7-13-4-3-10(8)11/h3-7H,2H2,1H3,(H,15,16). The van der Waals surface area contributed by atoms with E-state index in [2.05, 4.69) is 20.9 Å². The van der Waals surface area contributed by atoms with Crippen LogP contribution in [-0.4, -0.2) is 20.3 Å². The molecule has 0 amide bonds. The van der Waals surface area contributed by atoms with Crippen molar-refractivity contribution in [1.29, 1.82) is 0 Å². The second kappa shape index (κ2) is 5.12. The molecule has 2 rings (SSSR count). The third-order valence-corrected chi connectivity index (χ3v) is 3.73. The Morgan fingerprint density at radius 2 is 2.29 bits per heavy atom. The summed E-state index contributed by atoms with van der Waals surface area (Å²) < 4.78 is 22.9. The molecule has 0 aliphatic heterocycles. The van der Waals surface area contributed by atoms with Crippen LogP contribution in [0.2, 0.25) is 0 Å². The molecule has 0 bridgehead atoms. The average molecular weight is 315 g/mol. The van der Waals surface area contributed by atoms with Crippen molar-refractivity contribution in [2.24, 2.45) is 0 Å². The highest BCUT2D eigenvalue weighted by atomic mass is 79.9. The maximum atomic E-state index is 11.3. The quantitative estimate of drug-likeness (QED) is 0.886. The van der Waals surface area contributed by atoms with E-state index in [9.17, 15) is 8.76 Å². The Bertz CT molecular complexity index is 576. The van der Waals surface area contributed by atoms with Crippen LogP contribution in [0.3, 0.4) is 0 Å². The monoisotopic (exact) mass is 314 g/mol. The van der Waals surface area contributed by atoms with E-state index in [-0.39, 0.29) is 0 Å². The molecule has 90 valence electrons. The molecule has 0 fully saturated rings. The lowest BCUT2D eigenvalue weighted by Crippen LogP contribution is -2.24. The molecule has 0 spiro atoms. The predicted octanol–water partition coefficient (Wildman–Crippen LogP) is 2.96. The van der Waals surface area contributed by atoms with Gasteiger partial charge in [-0.2, -0.15) is 0 Å². The van der Waals surface area contributed by atoms with Crippen molar-refractivity contribution in [3.63, 3.8) is 0 Å². The van der Waals surface area contributed by atoms with Gasteiger partial charge in [0.1, 0.15) is 0 Å². The zero-order valence-electron chi connectivity index (χ0n) is 9.13. The van der Waals surface area contributed by atoms with Crippen LogP contribution in [0.15, 0.2) is 35.1 Å². The molecule has 1 atom stereocenters. The number of benzene rings is 1. The van der Waals surface area contributed by atoms with E-state index >= 15 is 0 Å². The van der Waals surface area contributed by atoms with Gasteiger partial charge in [-0.3, -0.25) is 13.8 Å². The number of rotatable bonds is 3. The largest absolute Gasteiger partial charge is 0.289 e. The minimum absolute atomic E-state index is 0.455. The molecule has 1 aromatic heterocycles. The van der Waals surface area contributed by atoms with E-state index in [0.717, 1.165) is 20.9 Å². The van der Waals surface area contributed by atoms with Gasteiger partial charge < -0.3 is 0 Å². The van der Waals surface area contributed by atoms with Crippen LogP contribution < -0.4 is 4.31 Å². The summed E-state index contributed by atoms with van der Waals surface area (Å²) >= 11 is 1.37. The predicted molar refractivity (Wildman–Crippen MR) is 73.2 cm³/mol. The van der Waals surface area contributed by atoms with Crippen LogP contribution in [-0.2, 0) is 11.3 Å². The van der Waals surface area contributed by atoms with Gasteiger partial charge >= 0.3 is 0 Å². The first-order valence-electron chi connectivity index (χ1n) is 5.05. The van der Waals surface area contributed by atoms with Crippen molar-refractivity contribution >= 4 is 43.7 Å². The van der Waals surface area contributed by atoms with Crippen LogP contribution in [0, 0.1) is 0 Å². The summed E-state index contributed by atoms with van der Waals surface area (Å²) in [6.45, 7) is 2.29. The highest BCUT2D eigenvalue weighted by molar-refractivity contribution is 9.10. The van der Waals surface area contributed by atoms with Crippen molar-refractivity contribution in [2.45, 2.75) is 6.92 Å². The van der Waals surface area contributed by atoms with Crippen LogP contribution in [0.4, 0.5) is 5.69 Å². The molecule has 1 N–H and O–H groups in total. The van der Waals surface area contributed by atoms with E-state index in [1.165, 1.54) is 4.31 Å². The highest BCUT2D eigenvalue weighted by Crippen LogP contribution is 2.30. The first-order chi connectivity index (χ1) is 8.13. The van der Waals surface area contributed by atoms with E-state index in [1.54, 1.807) is 12.4 Å². The molecule has 0 saturated carbocycles. The van der Waals surface area contributed by atoms with Gasteiger partial charge in [-0.1, -0.05) is 15.9 Å². The zero-order valence-corrected chi connectivity index (χ0v) is 11.5. The van der Waals surface area contributed by atoms with Gasteiger partial charge in [0.2, 0.25) is 0 Å². The number of aromatic nitrogens is 1. The Labute approximate surface area is 110 Å². The molecule has 17 heavy (non-hydrogen) atoms. The van der Waals surface area contributed by atoms with Gasteiger partial charge in [0.05, 0.1) is 5.69 Å². The molecule has 0 saturated heterocycles. The topological polar surface area (TPSA) is 53.4 Å². The average Bonchev–Trinajstić information content (AvgIpc) is 2.29. The van der Waals surface area contributed by atoms with Crippen LogP contribution >= 0.6 is 15.9 Å². The maximum Gasteiger partial charge on any atom is 0.261 e. The van der Waals surface area contributed by atoms with Crippen molar-refractivity contribution in [3.05, 3.63) is 35.1 Å². The minimum Gasteiger partial charge on any atom is -0.289 e. The van der Waals surface area contributed by atoms with E-state index in [1.807, 2.05) is 25.1 Å². The molecule has 6 heteroatoms. The number of hydrogen-bond donors (Lipinski definition) is 1. The number of nitrogens with zero attached hydrogens (tertiary/aromatic N) is 2. The van der Waals surface area contributed by atoms with Gasteiger partial charge in [-0.25, -0.2) is 4.21 Å². The van der Waals surface area contributed by atoms with Crippen molar-refractivity contribution < 1.29 is 8.76 Å². The molecule has 2 aromatic rings. The molecule has 0 aliphatic rings. The maximum absolute atomic E-state index is 11.3. The van der Waals surface area contributed by atoms with Crippen molar-refractivity contribution in [3.8, 4) is 0 Å². The lowest BCUT2D eigenvalue weighted by molar-refractivity contribution is 0.560. The number of pyridine rings is 1. The molecule has 1 aromatic carbocycles. The molecule has 1 heterocycles. The van der Waals surface area contributed by atoms with Gasteiger partial charge in [-0.05, 0) is 25.1 Å². The third-order valence-electron chi connectivity index (χ3n) is 2.44.